The van der Waals surface area contributed by atoms with Gasteiger partial charge in [0.25, 0.3) is 8.32 Å². The summed E-state index contributed by atoms with van der Waals surface area (Å²) in [7, 11) is -2.86. The van der Waals surface area contributed by atoms with Crippen LogP contribution in [0.5, 0.6) is 0 Å². The Bertz CT molecular complexity index is 954. The van der Waals surface area contributed by atoms with Crippen molar-refractivity contribution in [2.45, 2.75) is 134 Å². The molecule has 3 atom stereocenters. The third-order valence-corrected chi connectivity index (χ3v) is 13.2. The SMILES string of the molecule is CCCCCCCCCCCCCC[C@H](O)[C@H](O)[C@H](CO[Si](c1ccccc1)(c1ccccc1)C(C)(C)C)N=[N+]=[N-]. The van der Waals surface area contributed by atoms with Crippen LogP contribution >= 0.6 is 0 Å². The van der Waals surface area contributed by atoms with Crippen molar-refractivity contribution in [3.63, 3.8) is 0 Å². The van der Waals surface area contributed by atoms with Gasteiger partial charge in [-0.2, -0.15) is 0 Å². The minimum atomic E-state index is -2.86. The van der Waals surface area contributed by atoms with Gasteiger partial charge in [-0.15, -0.1) is 0 Å². The Balaban J connectivity index is 1.94. The molecule has 0 spiro atoms. The van der Waals surface area contributed by atoms with E-state index in [0.717, 1.165) is 29.6 Å². The summed E-state index contributed by atoms with van der Waals surface area (Å²) in [6, 6.07) is 19.6. The minimum absolute atomic E-state index is 0.0357. The predicted octanol–water partition coefficient (Wildman–Crippen LogP) is 8.05. The number of azide groups is 1. The van der Waals surface area contributed by atoms with Crippen LogP contribution in [0, 0.1) is 0 Å². The van der Waals surface area contributed by atoms with Crippen molar-refractivity contribution >= 4 is 18.7 Å². The standard InChI is InChI=1S/C34H55N3O3Si/c1-5-6-7-8-9-10-11-12-13-14-15-22-27-32(38)33(39)31(36-37-35)28-40-41(34(2,3)4,29-23-18-16-19-24-29)30-25-20-17-21-26-30/h16-21,23-26,31-33,38-39H,5-15,22,27-28H2,1-4H3/t31-,32-,33+/m0/s1. The minimum Gasteiger partial charge on any atom is -0.407 e. The molecule has 0 unspecified atom stereocenters. The lowest BCUT2D eigenvalue weighted by Crippen LogP contribution is -2.67. The average Bonchev–Trinajstić information content (AvgIpc) is 2.97. The molecule has 0 amide bonds. The van der Waals surface area contributed by atoms with Crippen LogP contribution in [0.1, 0.15) is 111 Å². The van der Waals surface area contributed by atoms with Gasteiger partial charge in [-0.05, 0) is 27.4 Å². The zero-order chi connectivity index (χ0) is 30.0. The fourth-order valence-corrected chi connectivity index (χ4v) is 10.4. The van der Waals surface area contributed by atoms with Crippen molar-refractivity contribution in [2.24, 2.45) is 5.11 Å². The van der Waals surface area contributed by atoms with Gasteiger partial charge in [-0.1, -0.05) is 171 Å². The van der Waals surface area contributed by atoms with Crippen molar-refractivity contribution in [3.05, 3.63) is 71.1 Å². The van der Waals surface area contributed by atoms with Gasteiger partial charge in [-0.25, -0.2) is 0 Å². The number of aliphatic hydroxyl groups excluding tert-OH is 2. The lowest BCUT2D eigenvalue weighted by Gasteiger charge is -2.43. The van der Waals surface area contributed by atoms with Crippen LogP contribution in [-0.2, 0) is 4.43 Å². The summed E-state index contributed by atoms with van der Waals surface area (Å²) in [6.07, 6.45) is 13.3. The molecule has 0 aliphatic rings. The largest absolute Gasteiger partial charge is 0.407 e. The molecule has 2 rings (SSSR count). The maximum absolute atomic E-state index is 11.0. The van der Waals surface area contributed by atoms with Crippen LogP contribution in [0.3, 0.4) is 0 Å². The number of benzene rings is 2. The Hall–Kier alpha value is -2.15. The van der Waals surface area contributed by atoms with E-state index in [4.69, 9.17) is 4.43 Å². The highest BCUT2D eigenvalue weighted by atomic mass is 28.4. The highest BCUT2D eigenvalue weighted by Gasteiger charge is 2.50. The van der Waals surface area contributed by atoms with Gasteiger partial charge in [0.15, 0.2) is 0 Å². The Morgan fingerprint density at radius 3 is 1.61 bits per heavy atom. The summed E-state index contributed by atoms with van der Waals surface area (Å²) in [6.45, 7) is 8.83. The predicted molar refractivity (Wildman–Crippen MR) is 174 cm³/mol. The fourth-order valence-electron chi connectivity index (χ4n) is 5.86. The van der Waals surface area contributed by atoms with Gasteiger partial charge in [0.05, 0.1) is 18.2 Å². The third kappa shape index (κ3) is 11.2. The second-order valence-corrected chi connectivity index (χ2v) is 16.8. The summed E-state index contributed by atoms with van der Waals surface area (Å²) < 4.78 is 6.87. The molecular weight excluding hydrogens is 526 g/mol. The Kier molecular flexibility index (Phi) is 16.3. The molecule has 0 aliphatic heterocycles. The maximum atomic E-state index is 11.0. The van der Waals surface area contributed by atoms with Gasteiger partial charge in [0.2, 0.25) is 0 Å². The highest BCUT2D eigenvalue weighted by Crippen LogP contribution is 2.37. The third-order valence-electron chi connectivity index (χ3n) is 8.23. The summed E-state index contributed by atoms with van der Waals surface area (Å²) in [4.78, 5) is 3.00. The van der Waals surface area contributed by atoms with Crippen molar-refractivity contribution in [2.75, 3.05) is 6.61 Å². The second kappa shape index (κ2) is 19.1. The fraction of sp³-hybridized carbons (Fsp3) is 0.647. The van der Waals surface area contributed by atoms with E-state index in [1.54, 1.807) is 0 Å². The Morgan fingerprint density at radius 1 is 0.756 bits per heavy atom. The summed E-state index contributed by atoms with van der Waals surface area (Å²) in [5, 5.41) is 27.8. The van der Waals surface area contributed by atoms with E-state index in [9.17, 15) is 15.7 Å². The molecule has 2 aromatic carbocycles. The van der Waals surface area contributed by atoms with E-state index < -0.39 is 26.6 Å². The smallest absolute Gasteiger partial charge is 0.261 e. The van der Waals surface area contributed by atoms with Gasteiger partial charge in [-0.3, -0.25) is 0 Å². The molecule has 0 fully saturated rings. The number of rotatable bonds is 21. The maximum Gasteiger partial charge on any atom is 0.261 e. The zero-order valence-corrected chi connectivity index (χ0v) is 27.0. The van der Waals surface area contributed by atoms with Crippen molar-refractivity contribution in [1.82, 2.24) is 0 Å². The molecule has 228 valence electrons. The van der Waals surface area contributed by atoms with Gasteiger partial charge < -0.3 is 14.6 Å². The molecule has 0 aliphatic carbocycles. The van der Waals surface area contributed by atoms with Crippen LogP contribution in [-0.4, -0.2) is 43.4 Å². The molecule has 0 bridgehead atoms. The molecule has 2 aromatic rings. The van der Waals surface area contributed by atoms with Crippen molar-refractivity contribution in [1.29, 1.82) is 0 Å². The van der Waals surface area contributed by atoms with Crippen molar-refractivity contribution < 1.29 is 14.6 Å². The first-order valence-electron chi connectivity index (χ1n) is 15.9. The van der Waals surface area contributed by atoms with Crippen LogP contribution in [0.15, 0.2) is 65.8 Å². The lowest BCUT2D eigenvalue weighted by atomic mass is 10.00. The molecule has 0 saturated carbocycles. The summed E-state index contributed by atoms with van der Waals surface area (Å²) in [5.74, 6) is 0. The normalized spacial score (nSPS) is 14.3. The van der Waals surface area contributed by atoms with Crippen LogP contribution in [0.25, 0.3) is 10.4 Å². The Morgan fingerprint density at radius 2 is 1.20 bits per heavy atom. The van der Waals surface area contributed by atoms with E-state index >= 15 is 0 Å². The molecule has 0 saturated heterocycles. The molecule has 6 nitrogen and oxygen atoms in total. The Labute approximate surface area is 250 Å². The molecular formula is C34H55N3O3Si. The van der Waals surface area contributed by atoms with Crippen LogP contribution < -0.4 is 10.4 Å². The van der Waals surface area contributed by atoms with Crippen LogP contribution in [0.2, 0.25) is 5.04 Å². The van der Waals surface area contributed by atoms with Gasteiger partial charge >= 0.3 is 0 Å². The number of hydrogen-bond donors (Lipinski definition) is 2. The summed E-state index contributed by atoms with van der Waals surface area (Å²) in [5.41, 5.74) is 9.30. The van der Waals surface area contributed by atoms with E-state index in [0.29, 0.717) is 6.42 Å². The topological polar surface area (TPSA) is 98.5 Å². The molecule has 2 N–H and O–H groups in total. The number of hydrogen-bond acceptors (Lipinski definition) is 4. The molecule has 7 heteroatoms. The lowest BCUT2D eigenvalue weighted by molar-refractivity contribution is -0.0106. The molecule has 0 aromatic heterocycles. The zero-order valence-electron chi connectivity index (χ0n) is 26.0. The molecule has 41 heavy (non-hydrogen) atoms. The highest BCUT2D eigenvalue weighted by molar-refractivity contribution is 6.99. The first kappa shape index (κ1) is 35.0. The van der Waals surface area contributed by atoms with Gasteiger partial charge in [0.1, 0.15) is 0 Å². The number of unbranched alkanes of at least 4 members (excludes halogenated alkanes) is 11. The second-order valence-electron chi connectivity index (χ2n) is 12.5. The molecule has 0 radical (unpaired) electrons. The van der Waals surface area contributed by atoms with E-state index in [1.165, 1.54) is 57.8 Å². The molecule has 0 heterocycles. The van der Waals surface area contributed by atoms with Gasteiger partial charge in [0, 0.05) is 11.5 Å². The van der Waals surface area contributed by atoms with E-state index in [2.05, 4.69) is 62.0 Å². The van der Waals surface area contributed by atoms with E-state index in [-0.39, 0.29) is 11.6 Å². The average molecular weight is 582 g/mol. The number of aliphatic hydroxyl groups is 2. The van der Waals surface area contributed by atoms with Crippen LogP contribution in [0.4, 0.5) is 0 Å². The monoisotopic (exact) mass is 581 g/mol. The first-order chi connectivity index (χ1) is 19.8. The number of nitrogens with zero attached hydrogens (tertiary/aromatic N) is 3. The van der Waals surface area contributed by atoms with E-state index in [1.807, 2.05) is 36.4 Å². The summed E-state index contributed by atoms with van der Waals surface area (Å²) >= 11 is 0. The first-order valence-corrected chi connectivity index (χ1v) is 17.8. The van der Waals surface area contributed by atoms with Crippen molar-refractivity contribution in [3.8, 4) is 0 Å². The quantitative estimate of drug-likeness (QED) is 0.0513.